The first-order valence-corrected chi connectivity index (χ1v) is 4.27. The average Bonchev–Trinajstić information content (AvgIpc) is 1.97. The fourth-order valence-electron chi connectivity index (χ4n) is 1.69. The summed E-state index contributed by atoms with van der Waals surface area (Å²) in [5.41, 5.74) is 0.408. The van der Waals surface area contributed by atoms with E-state index in [1.54, 1.807) is 6.92 Å². The molecule has 0 heterocycles. The van der Waals surface area contributed by atoms with Crippen LogP contribution in [0.25, 0.3) is 0 Å². The van der Waals surface area contributed by atoms with Gasteiger partial charge in [-0.05, 0) is 13.3 Å². The zero-order valence-electron chi connectivity index (χ0n) is 7.83. The lowest BCUT2D eigenvalue weighted by molar-refractivity contribution is -0.575. The normalized spacial score (nSPS) is 35.9. The molecule has 1 rings (SSSR count). The molecule has 1 aliphatic rings. The van der Waals surface area contributed by atoms with E-state index in [0.717, 1.165) is 12.0 Å². The lowest BCUT2D eigenvalue weighted by Crippen LogP contribution is -2.43. The Labute approximate surface area is 72.6 Å². The number of hydrogen-bond donors (Lipinski definition) is 0. The molecule has 3 nitrogen and oxygen atoms in total. The lowest BCUT2D eigenvalue weighted by atomic mass is 9.76. The van der Waals surface area contributed by atoms with E-state index in [0.29, 0.717) is 6.42 Å². The number of nitro groups is 1. The minimum absolute atomic E-state index is 0.131. The highest BCUT2D eigenvalue weighted by molar-refractivity contribution is 5.09. The standard InChI is InChI=1S/C9H15NO2/c1-7-4-5-8(2)9(3,6-7)10(11)12/h4,8H,5-6H2,1-3H3. The summed E-state index contributed by atoms with van der Waals surface area (Å²) in [6.45, 7) is 5.66. The van der Waals surface area contributed by atoms with Crippen molar-refractivity contribution in [3.8, 4) is 0 Å². The Kier molecular flexibility index (Phi) is 2.22. The van der Waals surface area contributed by atoms with Gasteiger partial charge >= 0.3 is 0 Å². The molecule has 1 aliphatic carbocycles. The van der Waals surface area contributed by atoms with E-state index in [-0.39, 0.29) is 10.8 Å². The highest BCUT2D eigenvalue weighted by Crippen LogP contribution is 2.35. The highest BCUT2D eigenvalue weighted by atomic mass is 16.6. The number of allylic oxidation sites excluding steroid dienone is 1. The Balaban J connectivity index is 2.90. The van der Waals surface area contributed by atoms with Gasteiger partial charge in [-0.1, -0.05) is 18.6 Å². The second kappa shape index (κ2) is 2.88. The van der Waals surface area contributed by atoms with Crippen LogP contribution in [-0.2, 0) is 0 Å². The van der Waals surface area contributed by atoms with Gasteiger partial charge in [0.05, 0.1) is 0 Å². The van der Waals surface area contributed by atoms with E-state index in [1.807, 2.05) is 13.8 Å². The first-order chi connectivity index (χ1) is 5.47. The van der Waals surface area contributed by atoms with Crippen molar-refractivity contribution in [2.75, 3.05) is 0 Å². The SMILES string of the molecule is CC1=CCC(C)C(C)([N+](=O)[O-])C1. The maximum atomic E-state index is 10.8. The summed E-state index contributed by atoms with van der Waals surface area (Å²) in [4.78, 5) is 10.7. The van der Waals surface area contributed by atoms with Crippen molar-refractivity contribution in [3.05, 3.63) is 21.8 Å². The van der Waals surface area contributed by atoms with Crippen molar-refractivity contribution in [2.45, 2.75) is 39.2 Å². The van der Waals surface area contributed by atoms with E-state index in [2.05, 4.69) is 6.08 Å². The van der Waals surface area contributed by atoms with Crippen LogP contribution in [0.2, 0.25) is 0 Å². The smallest absolute Gasteiger partial charge is 0.225 e. The van der Waals surface area contributed by atoms with Crippen molar-refractivity contribution in [3.63, 3.8) is 0 Å². The minimum Gasteiger partial charge on any atom is -0.264 e. The van der Waals surface area contributed by atoms with E-state index in [4.69, 9.17) is 0 Å². The third kappa shape index (κ3) is 1.36. The highest BCUT2D eigenvalue weighted by Gasteiger charge is 2.44. The second-order valence-electron chi connectivity index (χ2n) is 3.98. The molecule has 0 amide bonds. The molecule has 0 fully saturated rings. The maximum absolute atomic E-state index is 10.8. The van der Waals surface area contributed by atoms with Gasteiger partial charge in [0.25, 0.3) is 0 Å². The molecule has 2 atom stereocenters. The largest absolute Gasteiger partial charge is 0.264 e. The summed E-state index contributed by atoms with van der Waals surface area (Å²) in [6, 6.07) is 0. The quantitative estimate of drug-likeness (QED) is 0.343. The van der Waals surface area contributed by atoms with E-state index in [9.17, 15) is 10.1 Å². The van der Waals surface area contributed by atoms with Crippen LogP contribution >= 0.6 is 0 Å². The zero-order valence-corrected chi connectivity index (χ0v) is 7.83. The molecule has 0 aliphatic heterocycles. The van der Waals surface area contributed by atoms with Crippen LogP contribution in [0.4, 0.5) is 0 Å². The van der Waals surface area contributed by atoms with Gasteiger partial charge in [-0.2, -0.15) is 0 Å². The van der Waals surface area contributed by atoms with Crippen LogP contribution in [0.15, 0.2) is 11.6 Å². The molecule has 0 aromatic carbocycles. The molecule has 0 aromatic heterocycles. The Hall–Kier alpha value is -0.860. The predicted molar refractivity (Wildman–Crippen MR) is 47.6 cm³/mol. The van der Waals surface area contributed by atoms with Crippen molar-refractivity contribution in [1.82, 2.24) is 0 Å². The van der Waals surface area contributed by atoms with Crippen LogP contribution in [0.1, 0.15) is 33.6 Å². The molecule has 0 saturated heterocycles. The van der Waals surface area contributed by atoms with Crippen molar-refractivity contribution >= 4 is 0 Å². The van der Waals surface area contributed by atoms with Crippen LogP contribution in [0.3, 0.4) is 0 Å². The average molecular weight is 169 g/mol. The molecule has 0 saturated carbocycles. The molecule has 3 heteroatoms. The molecule has 0 spiro atoms. The van der Waals surface area contributed by atoms with Crippen molar-refractivity contribution in [2.24, 2.45) is 5.92 Å². The van der Waals surface area contributed by atoms with Crippen LogP contribution in [0, 0.1) is 16.0 Å². The topological polar surface area (TPSA) is 43.1 Å². The zero-order chi connectivity index (χ0) is 9.35. The van der Waals surface area contributed by atoms with E-state index >= 15 is 0 Å². The summed E-state index contributed by atoms with van der Waals surface area (Å²) in [6.07, 6.45) is 3.54. The summed E-state index contributed by atoms with van der Waals surface area (Å²) < 4.78 is 0. The monoisotopic (exact) mass is 169 g/mol. The van der Waals surface area contributed by atoms with E-state index < -0.39 is 5.54 Å². The summed E-state index contributed by atoms with van der Waals surface area (Å²) in [5.74, 6) is 0.149. The Morgan fingerprint density at radius 3 is 2.75 bits per heavy atom. The molecule has 0 N–H and O–H groups in total. The van der Waals surface area contributed by atoms with Crippen molar-refractivity contribution in [1.29, 1.82) is 0 Å². The van der Waals surface area contributed by atoms with Gasteiger partial charge in [-0.25, -0.2) is 0 Å². The second-order valence-corrected chi connectivity index (χ2v) is 3.98. The van der Waals surface area contributed by atoms with Gasteiger partial charge in [0.2, 0.25) is 5.54 Å². The minimum atomic E-state index is -0.737. The summed E-state index contributed by atoms with van der Waals surface area (Å²) in [7, 11) is 0. The Morgan fingerprint density at radius 2 is 2.33 bits per heavy atom. The van der Waals surface area contributed by atoms with Gasteiger partial charge in [0, 0.05) is 24.2 Å². The van der Waals surface area contributed by atoms with Crippen molar-refractivity contribution < 1.29 is 4.92 Å². The molecule has 2 unspecified atom stereocenters. The first-order valence-electron chi connectivity index (χ1n) is 4.27. The summed E-state index contributed by atoms with van der Waals surface area (Å²) in [5, 5.41) is 10.8. The molecule has 0 aromatic rings. The fraction of sp³-hybridized carbons (Fsp3) is 0.778. The van der Waals surface area contributed by atoms with Gasteiger partial charge in [-0.15, -0.1) is 0 Å². The predicted octanol–water partition coefficient (Wildman–Crippen LogP) is 2.40. The van der Waals surface area contributed by atoms with Gasteiger partial charge < -0.3 is 0 Å². The van der Waals surface area contributed by atoms with Crippen LogP contribution in [-0.4, -0.2) is 10.5 Å². The van der Waals surface area contributed by atoms with E-state index in [1.165, 1.54) is 0 Å². The maximum Gasteiger partial charge on any atom is 0.225 e. The molecular weight excluding hydrogens is 154 g/mol. The number of nitrogens with zero attached hydrogens (tertiary/aromatic N) is 1. The Bertz CT molecular complexity index is 235. The van der Waals surface area contributed by atoms with Gasteiger partial charge in [0.1, 0.15) is 0 Å². The molecule has 12 heavy (non-hydrogen) atoms. The van der Waals surface area contributed by atoms with Crippen LogP contribution < -0.4 is 0 Å². The van der Waals surface area contributed by atoms with Gasteiger partial charge in [0.15, 0.2) is 0 Å². The third-order valence-corrected chi connectivity index (χ3v) is 2.94. The fourth-order valence-corrected chi connectivity index (χ4v) is 1.69. The molecule has 68 valence electrons. The van der Waals surface area contributed by atoms with Gasteiger partial charge in [-0.3, -0.25) is 10.1 Å². The number of hydrogen-bond acceptors (Lipinski definition) is 2. The third-order valence-electron chi connectivity index (χ3n) is 2.94. The molecule has 0 bridgehead atoms. The summed E-state index contributed by atoms with van der Waals surface area (Å²) >= 11 is 0. The number of rotatable bonds is 1. The molecular formula is C9H15NO2. The first kappa shape index (κ1) is 9.23. The Morgan fingerprint density at radius 1 is 1.75 bits per heavy atom. The van der Waals surface area contributed by atoms with Crippen LogP contribution in [0.5, 0.6) is 0 Å². The lowest BCUT2D eigenvalue weighted by Gasteiger charge is -2.30. The molecule has 0 radical (unpaired) electrons.